The number of ether oxygens (including phenoxy) is 1. The fraction of sp³-hybridized carbons (Fsp3) is 0.923. The van der Waals surface area contributed by atoms with Crippen molar-refractivity contribution in [3.8, 4) is 0 Å². The molecule has 0 amide bonds. The van der Waals surface area contributed by atoms with Gasteiger partial charge >= 0.3 is 5.97 Å². The summed E-state index contributed by atoms with van der Waals surface area (Å²) in [6, 6.07) is 0. The molecule has 1 saturated heterocycles. The molecule has 3 unspecified atom stereocenters. The molecule has 0 aromatic rings. The van der Waals surface area contributed by atoms with Crippen molar-refractivity contribution in [2.45, 2.75) is 45.4 Å². The molecule has 0 bridgehead atoms. The van der Waals surface area contributed by atoms with Crippen molar-refractivity contribution >= 4 is 5.97 Å². The van der Waals surface area contributed by atoms with Gasteiger partial charge in [-0.15, -0.1) is 0 Å². The van der Waals surface area contributed by atoms with Crippen LogP contribution in [0.5, 0.6) is 0 Å². The van der Waals surface area contributed by atoms with Gasteiger partial charge in [-0.1, -0.05) is 13.3 Å². The maximum absolute atomic E-state index is 11.6. The van der Waals surface area contributed by atoms with Crippen molar-refractivity contribution in [2.24, 2.45) is 17.3 Å². The van der Waals surface area contributed by atoms with Crippen LogP contribution in [-0.4, -0.2) is 24.3 Å². The molecule has 3 heteroatoms. The highest BCUT2D eigenvalue weighted by molar-refractivity contribution is 5.75. The van der Waals surface area contributed by atoms with Gasteiger partial charge in [-0.2, -0.15) is 0 Å². The SMILES string of the molecule is CCC1CCC(C(=O)O)(C2CCCOC2)C1. The molecule has 92 valence electrons. The molecule has 1 N–H and O–H groups in total. The Kier molecular flexibility index (Phi) is 3.53. The lowest BCUT2D eigenvalue weighted by atomic mass is 9.71. The van der Waals surface area contributed by atoms with E-state index in [0.717, 1.165) is 45.1 Å². The Bertz CT molecular complexity index is 258. The maximum atomic E-state index is 11.6. The standard InChI is InChI=1S/C13H22O3/c1-2-10-5-6-13(8-10,12(14)15)11-4-3-7-16-9-11/h10-11H,2-9H2,1H3,(H,14,15). The summed E-state index contributed by atoms with van der Waals surface area (Å²) >= 11 is 0. The van der Waals surface area contributed by atoms with Crippen molar-refractivity contribution in [1.82, 2.24) is 0 Å². The quantitative estimate of drug-likeness (QED) is 0.804. The van der Waals surface area contributed by atoms with Crippen LogP contribution in [-0.2, 0) is 9.53 Å². The van der Waals surface area contributed by atoms with Gasteiger partial charge in [0.05, 0.1) is 12.0 Å². The highest BCUT2D eigenvalue weighted by Crippen LogP contribution is 2.50. The molecule has 0 aromatic carbocycles. The van der Waals surface area contributed by atoms with Gasteiger partial charge in [0.2, 0.25) is 0 Å². The van der Waals surface area contributed by atoms with Crippen LogP contribution in [0.4, 0.5) is 0 Å². The van der Waals surface area contributed by atoms with Crippen LogP contribution in [0.3, 0.4) is 0 Å². The number of carboxylic acids is 1. The minimum Gasteiger partial charge on any atom is -0.481 e. The van der Waals surface area contributed by atoms with E-state index in [1.54, 1.807) is 0 Å². The van der Waals surface area contributed by atoms with Crippen LogP contribution < -0.4 is 0 Å². The number of carbonyl (C=O) groups is 1. The largest absolute Gasteiger partial charge is 0.481 e. The molecule has 2 rings (SSSR count). The predicted octanol–water partition coefficient (Wildman–Crippen LogP) is 2.69. The third-order valence-electron chi connectivity index (χ3n) is 4.60. The van der Waals surface area contributed by atoms with E-state index in [2.05, 4.69) is 6.92 Å². The van der Waals surface area contributed by atoms with E-state index in [1.807, 2.05) is 0 Å². The molecule has 1 aliphatic carbocycles. The fourth-order valence-corrected chi connectivity index (χ4v) is 3.45. The van der Waals surface area contributed by atoms with Gasteiger partial charge in [0.15, 0.2) is 0 Å². The van der Waals surface area contributed by atoms with E-state index in [4.69, 9.17) is 4.74 Å². The first-order valence-electron chi connectivity index (χ1n) is 6.50. The summed E-state index contributed by atoms with van der Waals surface area (Å²) in [4.78, 5) is 11.6. The summed E-state index contributed by atoms with van der Waals surface area (Å²) in [5.74, 6) is 0.271. The Morgan fingerprint density at radius 1 is 1.50 bits per heavy atom. The van der Waals surface area contributed by atoms with Crippen LogP contribution >= 0.6 is 0 Å². The number of rotatable bonds is 3. The van der Waals surface area contributed by atoms with Gasteiger partial charge in [-0.25, -0.2) is 0 Å². The van der Waals surface area contributed by atoms with E-state index in [1.165, 1.54) is 0 Å². The highest BCUT2D eigenvalue weighted by atomic mass is 16.5. The Hall–Kier alpha value is -0.570. The fourth-order valence-electron chi connectivity index (χ4n) is 3.45. The van der Waals surface area contributed by atoms with Crippen molar-refractivity contribution < 1.29 is 14.6 Å². The van der Waals surface area contributed by atoms with Crippen molar-refractivity contribution in [2.75, 3.05) is 13.2 Å². The second-order valence-electron chi connectivity index (χ2n) is 5.39. The van der Waals surface area contributed by atoms with E-state index in [-0.39, 0.29) is 5.92 Å². The van der Waals surface area contributed by atoms with E-state index in [0.29, 0.717) is 12.5 Å². The first kappa shape index (κ1) is 11.9. The third-order valence-corrected chi connectivity index (χ3v) is 4.60. The normalized spacial score (nSPS) is 39.8. The zero-order valence-electron chi connectivity index (χ0n) is 10.1. The smallest absolute Gasteiger partial charge is 0.310 e. The van der Waals surface area contributed by atoms with Crippen LogP contribution in [0.15, 0.2) is 0 Å². The minimum absolute atomic E-state index is 0.246. The third kappa shape index (κ3) is 1.97. The Morgan fingerprint density at radius 2 is 2.31 bits per heavy atom. The number of carboxylic acid groups (broad SMARTS) is 1. The molecular formula is C13H22O3. The molecule has 2 fully saturated rings. The van der Waals surface area contributed by atoms with Crippen molar-refractivity contribution in [3.05, 3.63) is 0 Å². The number of aliphatic carboxylic acids is 1. The van der Waals surface area contributed by atoms with Crippen LogP contribution in [0.1, 0.15) is 45.4 Å². The van der Waals surface area contributed by atoms with E-state index >= 15 is 0 Å². The summed E-state index contributed by atoms with van der Waals surface area (Å²) < 4.78 is 5.48. The lowest BCUT2D eigenvalue weighted by molar-refractivity contribution is -0.156. The maximum Gasteiger partial charge on any atom is 0.310 e. The minimum atomic E-state index is -0.584. The first-order chi connectivity index (χ1) is 7.69. The van der Waals surface area contributed by atoms with E-state index in [9.17, 15) is 9.90 Å². The zero-order valence-corrected chi connectivity index (χ0v) is 10.1. The van der Waals surface area contributed by atoms with Gasteiger partial charge in [0.25, 0.3) is 0 Å². The first-order valence-corrected chi connectivity index (χ1v) is 6.50. The summed E-state index contributed by atoms with van der Waals surface area (Å²) in [6.45, 7) is 3.63. The summed E-state index contributed by atoms with van der Waals surface area (Å²) in [7, 11) is 0. The zero-order chi connectivity index (χ0) is 11.6. The van der Waals surface area contributed by atoms with Crippen LogP contribution in [0, 0.1) is 17.3 Å². The Balaban J connectivity index is 2.12. The Morgan fingerprint density at radius 3 is 2.81 bits per heavy atom. The molecular weight excluding hydrogens is 204 g/mol. The van der Waals surface area contributed by atoms with Crippen LogP contribution in [0.25, 0.3) is 0 Å². The summed E-state index contributed by atoms with van der Waals surface area (Å²) in [5.41, 5.74) is -0.471. The second kappa shape index (κ2) is 4.74. The molecule has 1 saturated carbocycles. The second-order valence-corrected chi connectivity index (χ2v) is 5.39. The molecule has 1 heterocycles. The number of hydrogen-bond acceptors (Lipinski definition) is 2. The lowest BCUT2D eigenvalue weighted by Gasteiger charge is -2.36. The molecule has 3 nitrogen and oxygen atoms in total. The van der Waals surface area contributed by atoms with Gasteiger partial charge in [0.1, 0.15) is 0 Å². The summed E-state index contributed by atoms with van der Waals surface area (Å²) in [6.07, 6.45) is 5.98. The molecule has 16 heavy (non-hydrogen) atoms. The molecule has 1 aliphatic heterocycles. The molecule has 3 atom stereocenters. The molecule has 0 aromatic heterocycles. The molecule has 2 aliphatic rings. The monoisotopic (exact) mass is 226 g/mol. The van der Waals surface area contributed by atoms with Gasteiger partial charge in [0, 0.05) is 6.61 Å². The number of hydrogen-bond donors (Lipinski definition) is 1. The average Bonchev–Trinajstić information content (AvgIpc) is 2.75. The van der Waals surface area contributed by atoms with Gasteiger partial charge < -0.3 is 9.84 Å². The van der Waals surface area contributed by atoms with Crippen molar-refractivity contribution in [3.63, 3.8) is 0 Å². The van der Waals surface area contributed by atoms with Crippen molar-refractivity contribution in [1.29, 1.82) is 0 Å². The summed E-state index contributed by atoms with van der Waals surface area (Å²) in [5, 5.41) is 9.57. The topological polar surface area (TPSA) is 46.5 Å². The average molecular weight is 226 g/mol. The Labute approximate surface area is 97.2 Å². The van der Waals surface area contributed by atoms with Gasteiger partial charge in [-0.3, -0.25) is 4.79 Å². The highest BCUT2D eigenvalue weighted by Gasteiger charge is 2.50. The predicted molar refractivity (Wildman–Crippen MR) is 61.2 cm³/mol. The lowest BCUT2D eigenvalue weighted by Crippen LogP contribution is -2.40. The van der Waals surface area contributed by atoms with Gasteiger partial charge in [-0.05, 0) is 43.9 Å². The molecule has 0 radical (unpaired) electrons. The van der Waals surface area contributed by atoms with E-state index < -0.39 is 11.4 Å². The van der Waals surface area contributed by atoms with Crippen LogP contribution in [0.2, 0.25) is 0 Å². The molecule has 0 spiro atoms.